The van der Waals surface area contributed by atoms with E-state index in [1.165, 1.54) is 21.8 Å². The van der Waals surface area contributed by atoms with E-state index < -0.39 is 0 Å². The van der Waals surface area contributed by atoms with Crippen LogP contribution in [-0.4, -0.2) is 45.0 Å². The minimum absolute atomic E-state index is 0.0475. The number of nitroso groups, excluding NO2 is 1. The van der Waals surface area contributed by atoms with Crippen LogP contribution in [-0.2, 0) is 12.8 Å². The van der Waals surface area contributed by atoms with Gasteiger partial charge in [-0.15, -0.1) is 16.3 Å². The largest absolute Gasteiger partial charge is 0.340 e. The second-order valence-electron chi connectivity index (χ2n) is 7.30. The van der Waals surface area contributed by atoms with Gasteiger partial charge >= 0.3 is 4.87 Å². The molecule has 1 aromatic carbocycles. The predicted molar refractivity (Wildman–Crippen MR) is 116 cm³/mol. The summed E-state index contributed by atoms with van der Waals surface area (Å²) in [6, 6.07) is 5.73. The molecule has 2 N–H and O–H groups in total. The van der Waals surface area contributed by atoms with Crippen LogP contribution in [0.2, 0.25) is 0 Å². The number of thiazole rings is 1. The van der Waals surface area contributed by atoms with Crippen molar-refractivity contribution in [3.05, 3.63) is 49.5 Å². The lowest BCUT2D eigenvalue weighted by Crippen LogP contribution is -2.38. The Morgan fingerprint density at radius 3 is 2.97 bits per heavy atom. The highest BCUT2D eigenvalue weighted by Crippen LogP contribution is 2.39. The molecular weight excluding hydrogens is 408 g/mol. The zero-order chi connectivity index (χ0) is 20.1. The molecule has 0 fully saturated rings. The highest BCUT2D eigenvalue weighted by atomic mass is 32.1. The van der Waals surface area contributed by atoms with Gasteiger partial charge in [-0.2, -0.15) is 0 Å². The van der Waals surface area contributed by atoms with Crippen LogP contribution < -0.4 is 10.2 Å². The summed E-state index contributed by atoms with van der Waals surface area (Å²) in [7, 11) is 3.55. The second kappa shape index (κ2) is 6.89. The fourth-order valence-electron chi connectivity index (χ4n) is 3.86. The number of nitrogens with zero attached hydrogens (tertiary/aromatic N) is 4. The van der Waals surface area contributed by atoms with Gasteiger partial charge in [-0.05, 0) is 30.2 Å². The van der Waals surface area contributed by atoms with E-state index >= 15 is 0 Å². The number of benzene rings is 1. The smallest absolute Gasteiger partial charge is 0.305 e. The lowest BCUT2D eigenvalue weighted by Gasteiger charge is -2.18. The summed E-state index contributed by atoms with van der Waals surface area (Å²) in [4.78, 5) is 38.8. The molecule has 1 atom stereocenters. The highest BCUT2D eigenvalue weighted by molar-refractivity contribution is 7.19. The average molecular weight is 428 g/mol. The van der Waals surface area contributed by atoms with Crippen LogP contribution in [0.5, 0.6) is 0 Å². The summed E-state index contributed by atoms with van der Waals surface area (Å²) in [6.45, 7) is 0. The van der Waals surface area contributed by atoms with Crippen molar-refractivity contribution >= 4 is 54.6 Å². The van der Waals surface area contributed by atoms with Gasteiger partial charge in [0.15, 0.2) is 0 Å². The third-order valence-electron chi connectivity index (χ3n) is 5.21. The van der Waals surface area contributed by atoms with Crippen LogP contribution in [0.25, 0.3) is 20.4 Å². The van der Waals surface area contributed by atoms with Gasteiger partial charge < -0.3 is 10.3 Å². The first-order valence-corrected chi connectivity index (χ1v) is 10.9. The van der Waals surface area contributed by atoms with Gasteiger partial charge in [0.25, 0.3) is 0 Å². The zero-order valence-electron chi connectivity index (χ0n) is 15.9. The predicted octanol–water partition coefficient (Wildman–Crippen LogP) is 3.45. The lowest BCUT2D eigenvalue weighted by molar-refractivity contribution is -0.725. The van der Waals surface area contributed by atoms with Crippen LogP contribution in [0.1, 0.15) is 16.9 Å². The first-order valence-electron chi connectivity index (χ1n) is 9.28. The first-order chi connectivity index (χ1) is 14.0. The van der Waals surface area contributed by atoms with Crippen molar-refractivity contribution in [1.82, 2.24) is 20.0 Å². The van der Waals surface area contributed by atoms with Gasteiger partial charge in [0.1, 0.15) is 21.8 Å². The van der Waals surface area contributed by atoms with E-state index in [9.17, 15) is 9.70 Å². The van der Waals surface area contributed by atoms with E-state index in [1.54, 1.807) is 36.8 Å². The van der Waals surface area contributed by atoms with Crippen molar-refractivity contribution < 1.29 is 4.87 Å². The van der Waals surface area contributed by atoms with Gasteiger partial charge in [-0.3, -0.25) is 4.79 Å². The first kappa shape index (κ1) is 18.2. The lowest BCUT2D eigenvalue weighted by atomic mass is 9.93. The molecule has 148 valence electrons. The molecule has 4 aromatic rings. The van der Waals surface area contributed by atoms with Crippen LogP contribution in [0.4, 0.5) is 11.5 Å². The normalized spacial score (nSPS) is 16.1. The molecular formula is C19H19N6O2S2+. The SMILES string of the molecule is CN(C)[N+](=O)C1CCc2c(sc3ncnc(Nc4ccc5[nH]c(=O)sc5c4)c23)C1. The molecule has 0 saturated heterocycles. The number of fused-ring (bicyclic) bond motifs is 4. The molecule has 3 aromatic heterocycles. The number of aromatic nitrogens is 3. The van der Waals surface area contributed by atoms with Crippen molar-refractivity contribution in [3.63, 3.8) is 0 Å². The van der Waals surface area contributed by atoms with Crippen LogP contribution in [0, 0.1) is 4.91 Å². The third kappa shape index (κ3) is 3.18. The Labute approximate surface area is 173 Å². The minimum Gasteiger partial charge on any atom is -0.340 e. The Balaban J connectivity index is 1.52. The maximum absolute atomic E-state index is 12.3. The maximum atomic E-state index is 12.3. The second-order valence-corrected chi connectivity index (χ2v) is 9.40. The molecule has 1 aliphatic rings. The summed E-state index contributed by atoms with van der Waals surface area (Å²) in [5, 5.41) is 6.04. The molecule has 3 heterocycles. The monoisotopic (exact) mass is 427 g/mol. The molecule has 1 aliphatic carbocycles. The van der Waals surface area contributed by atoms with E-state index in [-0.39, 0.29) is 10.9 Å². The summed E-state index contributed by atoms with van der Waals surface area (Å²) in [5.41, 5.74) is 2.95. The Hall–Kier alpha value is -2.85. The standard InChI is InChI=1S/C19H18N6O2S2/c1-24(2)25(27)11-4-5-12-14(8-11)28-18-16(12)17(20-9-21-18)22-10-3-6-13-15(7-10)29-19(26)23-13/h3,6-7,9,11H,4-5,8H2,1-2H3,(H-,20,21,22,23,26)/p+1. The van der Waals surface area contributed by atoms with Gasteiger partial charge in [0.2, 0.25) is 6.04 Å². The molecule has 0 spiro atoms. The number of anilines is 2. The van der Waals surface area contributed by atoms with Gasteiger partial charge in [-0.25, -0.2) is 9.97 Å². The summed E-state index contributed by atoms with van der Waals surface area (Å²) < 4.78 is 0.903. The van der Waals surface area contributed by atoms with Crippen molar-refractivity contribution in [2.24, 2.45) is 0 Å². The van der Waals surface area contributed by atoms with Crippen LogP contribution in [0.3, 0.4) is 0 Å². The minimum atomic E-state index is -0.0619. The third-order valence-corrected chi connectivity index (χ3v) is 7.22. The van der Waals surface area contributed by atoms with E-state index in [1.807, 2.05) is 18.2 Å². The van der Waals surface area contributed by atoms with Crippen molar-refractivity contribution in [2.45, 2.75) is 25.3 Å². The Morgan fingerprint density at radius 1 is 1.28 bits per heavy atom. The molecule has 0 aliphatic heterocycles. The molecule has 29 heavy (non-hydrogen) atoms. The van der Waals surface area contributed by atoms with Gasteiger partial charge in [0, 0.05) is 17.0 Å². The Kier molecular flexibility index (Phi) is 4.32. The Morgan fingerprint density at radius 2 is 2.14 bits per heavy atom. The van der Waals surface area contributed by atoms with Crippen LogP contribution in [0.15, 0.2) is 29.3 Å². The van der Waals surface area contributed by atoms with Crippen molar-refractivity contribution in [1.29, 1.82) is 0 Å². The number of thiophene rings is 1. The van der Waals surface area contributed by atoms with E-state index in [0.717, 1.165) is 56.1 Å². The molecule has 0 saturated carbocycles. The number of hydrogen-bond donors (Lipinski definition) is 2. The topological polar surface area (TPSA) is 94.0 Å². The summed E-state index contributed by atoms with van der Waals surface area (Å²) in [5.74, 6) is 0.764. The number of rotatable bonds is 4. The molecule has 5 rings (SSSR count). The highest BCUT2D eigenvalue weighted by Gasteiger charge is 2.35. The Bertz CT molecular complexity index is 1310. The van der Waals surface area contributed by atoms with Gasteiger partial charge in [-0.1, -0.05) is 11.3 Å². The zero-order valence-corrected chi connectivity index (χ0v) is 17.6. The van der Waals surface area contributed by atoms with Crippen LogP contribution >= 0.6 is 22.7 Å². The summed E-state index contributed by atoms with van der Waals surface area (Å²) >= 11 is 2.83. The molecule has 1 unspecified atom stereocenters. The van der Waals surface area contributed by atoms with E-state index in [4.69, 9.17) is 0 Å². The number of hydrogen-bond acceptors (Lipinski definition) is 7. The molecule has 0 amide bonds. The maximum Gasteiger partial charge on any atom is 0.305 e. The average Bonchev–Trinajstić information content (AvgIpc) is 3.26. The van der Waals surface area contributed by atoms with E-state index in [0.29, 0.717) is 0 Å². The number of aromatic amines is 1. The fraction of sp³-hybridized carbons (Fsp3) is 0.316. The van der Waals surface area contributed by atoms with Crippen molar-refractivity contribution in [3.8, 4) is 0 Å². The molecule has 10 heteroatoms. The fourth-order valence-corrected chi connectivity index (χ4v) is 5.90. The van der Waals surface area contributed by atoms with Crippen molar-refractivity contribution in [2.75, 3.05) is 19.4 Å². The quantitative estimate of drug-likeness (QED) is 0.383. The molecule has 0 radical (unpaired) electrons. The van der Waals surface area contributed by atoms with Gasteiger partial charge in [0.05, 0.1) is 41.0 Å². The molecule has 0 bridgehead atoms. The number of H-pyrrole nitrogens is 1. The van der Waals surface area contributed by atoms with E-state index in [2.05, 4.69) is 20.3 Å². The summed E-state index contributed by atoms with van der Waals surface area (Å²) in [6.07, 6.45) is 3.92. The number of nitrogens with one attached hydrogen (secondary N) is 2. The number of hydrazine groups is 1. The molecule has 8 nitrogen and oxygen atoms in total. The number of aryl methyl sites for hydroxylation is 1.